The molecular weight excluding hydrogens is 378 g/mol. The monoisotopic (exact) mass is 399 g/mol. The van der Waals surface area contributed by atoms with Gasteiger partial charge in [0.2, 0.25) is 5.91 Å². The van der Waals surface area contributed by atoms with Crippen LogP contribution in [-0.4, -0.2) is 35.3 Å². The summed E-state index contributed by atoms with van der Waals surface area (Å²) >= 11 is 5.92. The average Bonchev–Trinajstić information content (AvgIpc) is 2.97. The molecule has 3 rings (SSSR count). The molecule has 0 bridgehead atoms. The molecule has 1 heterocycles. The van der Waals surface area contributed by atoms with Crippen molar-refractivity contribution in [2.24, 2.45) is 0 Å². The zero-order chi connectivity index (χ0) is 19.9. The molecule has 1 aliphatic heterocycles. The number of rotatable bonds is 8. The summed E-state index contributed by atoms with van der Waals surface area (Å²) in [6.07, 6.45) is 1.03. The van der Waals surface area contributed by atoms with Crippen LogP contribution in [0.1, 0.15) is 24.0 Å². The molecule has 2 N–H and O–H groups in total. The summed E-state index contributed by atoms with van der Waals surface area (Å²) in [5.41, 5.74) is 1.96. The van der Waals surface area contributed by atoms with Gasteiger partial charge in [-0.3, -0.25) is 14.5 Å². The Morgan fingerprint density at radius 2 is 1.82 bits per heavy atom. The van der Waals surface area contributed by atoms with Gasteiger partial charge in [0.1, 0.15) is 6.04 Å². The third-order valence-electron chi connectivity index (χ3n) is 4.61. The number of amides is 4. The van der Waals surface area contributed by atoms with Crippen molar-refractivity contribution in [2.45, 2.75) is 31.8 Å². The number of imide groups is 1. The first-order chi connectivity index (χ1) is 13.5. The Morgan fingerprint density at radius 1 is 1.07 bits per heavy atom. The molecule has 0 aromatic heterocycles. The van der Waals surface area contributed by atoms with Crippen molar-refractivity contribution in [1.82, 2.24) is 15.5 Å². The molecule has 0 radical (unpaired) electrons. The summed E-state index contributed by atoms with van der Waals surface area (Å²) in [4.78, 5) is 37.8. The highest BCUT2D eigenvalue weighted by atomic mass is 35.5. The number of carbonyl (C=O) groups is 3. The van der Waals surface area contributed by atoms with Gasteiger partial charge < -0.3 is 10.6 Å². The molecule has 0 aliphatic carbocycles. The van der Waals surface area contributed by atoms with Gasteiger partial charge in [-0.05, 0) is 36.1 Å². The maximum Gasteiger partial charge on any atom is 0.324 e. The lowest BCUT2D eigenvalue weighted by Gasteiger charge is -2.13. The fourth-order valence-electron chi connectivity index (χ4n) is 3.08. The zero-order valence-electron chi connectivity index (χ0n) is 15.4. The highest BCUT2D eigenvalue weighted by Crippen LogP contribution is 2.13. The molecule has 0 unspecified atom stereocenters. The van der Waals surface area contributed by atoms with Gasteiger partial charge in [0, 0.05) is 24.5 Å². The van der Waals surface area contributed by atoms with Crippen LogP contribution in [-0.2, 0) is 22.6 Å². The van der Waals surface area contributed by atoms with Gasteiger partial charge in [0.25, 0.3) is 5.91 Å². The van der Waals surface area contributed by atoms with Gasteiger partial charge >= 0.3 is 6.03 Å². The van der Waals surface area contributed by atoms with Gasteiger partial charge in [-0.2, -0.15) is 0 Å². The van der Waals surface area contributed by atoms with Crippen LogP contribution in [0, 0.1) is 0 Å². The van der Waals surface area contributed by atoms with E-state index in [1.165, 1.54) is 4.90 Å². The van der Waals surface area contributed by atoms with Crippen molar-refractivity contribution in [3.05, 3.63) is 70.7 Å². The van der Waals surface area contributed by atoms with Crippen molar-refractivity contribution in [3.63, 3.8) is 0 Å². The van der Waals surface area contributed by atoms with Gasteiger partial charge in [0.15, 0.2) is 0 Å². The minimum Gasteiger partial charge on any atom is -0.352 e. The Labute approximate surface area is 168 Å². The van der Waals surface area contributed by atoms with E-state index in [2.05, 4.69) is 10.6 Å². The standard InChI is InChI=1S/C21H22ClN3O3/c22-17-8-4-7-16(13-17)14-23-19(26)10-9-18-20(27)25(21(28)24-18)12-11-15-5-2-1-3-6-15/h1-8,13,18H,9-12,14H2,(H,23,26)(H,24,28)/t18-/m0/s1. The number of hydrogen-bond acceptors (Lipinski definition) is 3. The summed E-state index contributed by atoms with van der Waals surface area (Å²) in [5.74, 6) is -0.451. The fourth-order valence-corrected chi connectivity index (χ4v) is 3.29. The van der Waals surface area contributed by atoms with E-state index in [9.17, 15) is 14.4 Å². The lowest BCUT2D eigenvalue weighted by Crippen LogP contribution is -2.33. The maximum atomic E-state index is 12.5. The largest absolute Gasteiger partial charge is 0.352 e. The van der Waals surface area contributed by atoms with Crippen LogP contribution in [0.3, 0.4) is 0 Å². The van der Waals surface area contributed by atoms with E-state index in [1.807, 2.05) is 42.5 Å². The highest BCUT2D eigenvalue weighted by molar-refractivity contribution is 6.30. The minimum atomic E-state index is -0.653. The third kappa shape index (κ3) is 5.33. The second-order valence-electron chi connectivity index (χ2n) is 6.67. The van der Waals surface area contributed by atoms with E-state index >= 15 is 0 Å². The number of halogens is 1. The van der Waals surface area contributed by atoms with Gasteiger partial charge in [-0.15, -0.1) is 0 Å². The fraction of sp³-hybridized carbons (Fsp3) is 0.286. The smallest absolute Gasteiger partial charge is 0.324 e. The Kier molecular flexibility index (Phi) is 6.66. The minimum absolute atomic E-state index is 0.157. The number of carbonyl (C=O) groups excluding carboxylic acids is 3. The molecule has 1 atom stereocenters. The SMILES string of the molecule is O=C(CC[C@@H]1NC(=O)N(CCc2ccccc2)C1=O)NCc1cccc(Cl)c1. The topological polar surface area (TPSA) is 78.5 Å². The third-order valence-corrected chi connectivity index (χ3v) is 4.85. The highest BCUT2D eigenvalue weighted by Gasteiger charge is 2.37. The van der Waals surface area contributed by atoms with E-state index in [0.717, 1.165) is 11.1 Å². The number of benzene rings is 2. The molecule has 2 aromatic rings. The van der Waals surface area contributed by atoms with Crippen molar-refractivity contribution in [1.29, 1.82) is 0 Å². The molecule has 1 fully saturated rings. The van der Waals surface area contributed by atoms with Crippen molar-refractivity contribution in [2.75, 3.05) is 6.54 Å². The molecule has 28 heavy (non-hydrogen) atoms. The lowest BCUT2D eigenvalue weighted by atomic mass is 10.1. The quantitative estimate of drug-likeness (QED) is 0.670. The lowest BCUT2D eigenvalue weighted by molar-refractivity contribution is -0.127. The summed E-state index contributed by atoms with van der Waals surface area (Å²) in [6, 6.07) is 15.9. The first kappa shape index (κ1) is 19.9. The molecule has 146 valence electrons. The van der Waals surface area contributed by atoms with Gasteiger partial charge in [-0.25, -0.2) is 4.79 Å². The molecule has 0 saturated carbocycles. The molecule has 2 aromatic carbocycles. The summed E-state index contributed by atoms with van der Waals surface area (Å²) in [5, 5.41) is 6.08. The van der Waals surface area contributed by atoms with Crippen molar-refractivity contribution in [3.8, 4) is 0 Å². The number of nitrogens with one attached hydrogen (secondary N) is 2. The molecule has 1 saturated heterocycles. The zero-order valence-corrected chi connectivity index (χ0v) is 16.1. The second kappa shape index (κ2) is 9.37. The Morgan fingerprint density at radius 3 is 2.57 bits per heavy atom. The molecule has 7 heteroatoms. The number of urea groups is 1. The van der Waals surface area contributed by atoms with Crippen LogP contribution in [0.5, 0.6) is 0 Å². The average molecular weight is 400 g/mol. The van der Waals surface area contributed by atoms with E-state index in [-0.39, 0.29) is 24.7 Å². The van der Waals surface area contributed by atoms with Crippen LogP contribution in [0.4, 0.5) is 4.79 Å². The van der Waals surface area contributed by atoms with Crippen molar-refractivity contribution < 1.29 is 14.4 Å². The van der Waals surface area contributed by atoms with Crippen LogP contribution in [0.15, 0.2) is 54.6 Å². The number of hydrogen-bond donors (Lipinski definition) is 2. The van der Waals surface area contributed by atoms with Crippen LogP contribution in [0.25, 0.3) is 0 Å². The van der Waals surface area contributed by atoms with E-state index in [4.69, 9.17) is 11.6 Å². The first-order valence-electron chi connectivity index (χ1n) is 9.20. The normalized spacial score (nSPS) is 16.2. The van der Waals surface area contributed by atoms with E-state index < -0.39 is 12.1 Å². The maximum absolute atomic E-state index is 12.5. The molecule has 1 aliphatic rings. The summed E-state index contributed by atoms with van der Waals surface area (Å²) in [7, 11) is 0. The predicted molar refractivity (Wildman–Crippen MR) is 107 cm³/mol. The Hall–Kier alpha value is -2.86. The summed E-state index contributed by atoms with van der Waals surface area (Å²) < 4.78 is 0. The molecular formula is C21H22ClN3O3. The first-order valence-corrected chi connectivity index (χ1v) is 9.57. The van der Waals surface area contributed by atoms with Gasteiger partial charge in [-0.1, -0.05) is 54.1 Å². The molecule has 0 spiro atoms. The van der Waals surface area contributed by atoms with Gasteiger partial charge in [0.05, 0.1) is 0 Å². The van der Waals surface area contributed by atoms with Crippen LogP contribution < -0.4 is 10.6 Å². The van der Waals surface area contributed by atoms with Crippen LogP contribution >= 0.6 is 11.6 Å². The van der Waals surface area contributed by atoms with Crippen LogP contribution in [0.2, 0.25) is 5.02 Å². The second-order valence-corrected chi connectivity index (χ2v) is 7.11. The van der Waals surface area contributed by atoms with E-state index in [1.54, 1.807) is 12.1 Å². The van der Waals surface area contributed by atoms with Crippen molar-refractivity contribution >= 4 is 29.4 Å². The van der Waals surface area contributed by atoms with E-state index in [0.29, 0.717) is 24.5 Å². The molecule has 6 nitrogen and oxygen atoms in total. The molecule has 4 amide bonds. The Balaban J connectivity index is 1.43. The summed E-state index contributed by atoms with van der Waals surface area (Å²) in [6.45, 7) is 0.694. The number of nitrogens with zero attached hydrogens (tertiary/aromatic N) is 1. The predicted octanol–water partition coefficient (Wildman–Crippen LogP) is 2.90. The Bertz CT molecular complexity index is 857.